The van der Waals surface area contributed by atoms with Gasteiger partial charge < -0.3 is 33.9 Å². The van der Waals surface area contributed by atoms with Crippen LogP contribution in [0.1, 0.15) is 0 Å². The number of hydrogen-bond donors (Lipinski definition) is 0. The first-order chi connectivity index (χ1) is 10.1. The summed E-state index contributed by atoms with van der Waals surface area (Å²) in [6.07, 6.45) is 2.69. The minimum Gasteiger partial charge on any atom is -0.678 e. The van der Waals surface area contributed by atoms with Crippen LogP contribution < -0.4 is 0 Å². The molecule has 0 saturated carbocycles. The number of para-hydroxylation sites is 1. The van der Waals surface area contributed by atoms with Gasteiger partial charge in [-0.25, -0.2) is 12.1 Å². The van der Waals surface area contributed by atoms with E-state index in [1.807, 2.05) is 60.7 Å². The van der Waals surface area contributed by atoms with E-state index < -0.39 is 0 Å². The van der Waals surface area contributed by atoms with Gasteiger partial charge in [0.15, 0.2) is 0 Å². The van der Waals surface area contributed by atoms with Gasteiger partial charge in [-0.05, 0) is 27.1 Å². The largest absolute Gasteiger partial charge is 0.678 e. The predicted octanol–water partition coefficient (Wildman–Crippen LogP) is 4.48. The zero-order chi connectivity index (χ0) is 15.9. The van der Waals surface area contributed by atoms with Gasteiger partial charge in [-0.2, -0.15) is 18.2 Å². The van der Waals surface area contributed by atoms with Gasteiger partial charge in [-0.1, -0.05) is 18.2 Å². The third kappa shape index (κ3) is 17.1. The van der Waals surface area contributed by atoms with Crippen LogP contribution in [-0.2, 0) is 16.8 Å². The van der Waals surface area contributed by atoms with Gasteiger partial charge in [-0.15, -0.1) is 0 Å². The molecule has 1 radical (unpaired) electrons. The van der Waals surface area contributed by atoms with Gasteiger partial charge in [0.05, 0.1) is 0 Å². The average molecular weight is 377 g/mol. The van der Waals surface area contributed by atoms with Gasteiger partial charge in [0.2, 0.25) is 0 Å². The van der Waals surface area contributed by atoms with Crippen molar-refractivity contribution < 1.29 is 16.8 Å². The molecule has 0 aromatic heterocycles. The molecular formula is C17H23CoN2PS-2. The van der Waals surface area contributed by atoms with Crippen LogP contribution in [0.25, 0.3) is 0 Å². The van der Waals surface area contributed by atoms with E-state index in [-0.39, 0.29) is 24.7 Å². The topological polar surface area (TPSA) is 15.6 Å². The third-order valence-electron chi connectivity index (χ3n) is 1.78. The molecule has 0 N–H and O–H groups in total. The fourth-order valence-electron chi connectivity index (χ4n) is 0.976. The first kappa shape index (κ1) is 23.3. The van der Waals surface area contributed by atoms with Crippen LogP contribution in [0.15, 0.2) is 65.7 Å². The standard InChI is InChI=1S/C9H8N2S.C5H5.C3H9P.Co/c1-11(8-12)7-10-9-5-3-2-4-6-9;1-2-4-5-3-1;1-4(2)3;/h2-6H,1H3;1-5H;1-3H3;/q-2;-1;;/p+1. The number of aliphatic imine (C=N–C) groups is 1. The molecule has 2 rings (SSSR count). The van der Waals surface area contributed by atoms with Crippen LogP contribution in [0.3, 0.4) is 0 Å². The van der Waals surface area contributed by atoms with Crippen LogP contribution in [0.5, 0.6) is 0 Å². The van der Waals surface area contributed by atoms with Crippen molar-refractivity contribution in [3.63, 3.8) is 0 Å². The number of thiocarbonyl (C=S) groups is 1. The van der Waals surface area contributed by atoms with Crippen LogP contribution in [0.4, 0.5) is 5.69 Å². The summed E-state index contributed by atoms with van der Waals surface area (Å²) >= 11 is 4.54. The van der Waals surface area contributed by atoms with E-state index in [1.54, 1.807) is 7.05 Å². The summed E-state index contributed by atoms with van der Waals surface area (Å²) in [6.45, 7) is 6.81. The maximum absolute atomic E-state index is 4.54. The van der Waals surface area contributed by atoms with Crippen molar-refractivity contribution in [3.8, 4) is 0 Å². The predicted molar refractivity (Wildman–Crippen MR) is 102 cm³/mol. The smallest absolute Gasteiger partial charge is 0.0461 e. The maximum atomic E-state index is 4.54. The number of hydrogen-bond acceptors (Lipinski definition) is 2. The first-order valence-corrected chi connectivity index (χ1v) is 10.0. The average Bonchev–Trinajstić information content (AvgIpc) is 3.04. The molecule has 0 heterocycles. The normalized spacial score (nSPS) is 8.95. The van der Waals surface area contributed by atoms with Crippen LogP contribution >= 0.6 is 20.1 Å². The van der Waals surface area contributed by atoms with E-state index in [0.29, 0.717) is 0 Å². The second-order valence-corrected chi connectivity index (χ2v) is 7.84. The molecule has 2 nitrogen and oxygen atoms in total. The Bertz CT molecular complexity index is 453. The van der Waals surface area contributed by atoms with E-state index in [4.69, 9.17) is 0 Å². The Balaban J connectivity index is 0. The van der Waals surface area contributed by atoms with Gasteiger partial charge in [-0.3, -0.25) is 0 Å². The first-order valence-electron chi connectivity index (χ1n) is 6.62. The quantitative estimate of drug-likeness (QED) is 0.196. The van der Waals surface area contributed by atoms with Crippen molar-refractivity contribution in [2.75, 3.05) is 27.0 Å². The molecule has 22 heavy (non-hydrogen) atoms. The number of rotatable bonds is 3. The molecule has 0 spiro atoms. The zero-order valence-corrected chi connectivity index (χ0v) is 16.3. The molecule has 2 aromatic rings. The van der Waals surface area contributed by atoms with Crippen LogP contribution in [-0.4, -0.2) is 43.8 Å². The monoisotopic (exact) mass is 377 g/mol. The summed E-state index contributed by atoms with van der Waals surface area (Å²) in [7, 11) is 1.86. The Morgan fingerprint density at radius 3 is 1.91 bits per heavy atom. The number of nitrogens with zero attached hydrogens (tertiary/aromatic N) is 2. The van der Waals surface area contributed by atoms with E-state index in [9.17, 15) is 0 Å². The van der Waals surface area contributed by atoms with Crippen LogP contribution in [0.2, 0.25) is 0 Å². The van der Waals surface area contributed by atoms with Gasteiger partial charge in [0.1, 0.15) is 0 Å². The van der Waals surface area contributed by atoms with Crippen molar-refractivity contribution in [2.45, 2.75) is 0 Å². The summed E-state index contributed by atoms with van der Waals surface area (Å²) in [5.41, 5.74) is 3.30. The molecule has 0 aliphatic rings. The Hall–Kier alpha value is -0.934. The fraction of sp³-hybridized carbons (Fsp3) is 0.235. The van der Waals surface area contributed by atoms with Gasteiger partial charge in [0.25, 0.3) is 0 Å². The van der Waals surface area contributed by atoms with Gasteiger partial charge >= 0.3 is 0 Å². The van der Waals surface area contributed by atoms with Crippen molar-refractivity contribution >= 4 is 37.7 Å². The minimum atomic E-state index is 0. The van der Waals surface area contributed by atoms with Crippen molar-refractivity contribution in [1.82, 2.24) is 4.90 Å². The maximum Gasteiger partial charge on any atom is 0.0461 e. The molecule has 0 unspecified atom stereocenters. The second kappa shape index (κ2) is 16.4. The molecule has 0 bridgehead atoms. The van der Waals surface area contributed by atoms with E-state index >= 15 is 0 Å². The Labute approximate surface area is 152 Å². The Morgan fingerprint density at radius 2 is 1.55 bits per heavy atom. The molecule has 5 heteroatoms. The Morgan fingerprint density at radius 1 is 1.05 bits per heavy atom. The molecule has 0 aliphatic heterocycles. The van der Waals surface area contributed by atoms with E-state index in [1.165, 1.54) is 4.90 Å². The fourth-order valence-corrected chi connectivity index (χ4v) is 1.02. The molecule has 123 valence electrons. The molecule has 0 saturated heterocycles. The van der Waals surface area contributed by atoms with Crippen molar-refractivity contribution in [3.05, 3.63) is 60.7 Å². The molecule has 0 amide bonds. The summed E-state index contributed by atoms with van der Waals surface area (Å²) < 4.78 is 0. The van der Waals surface area contributed by atoms with E-state index in [2.05, 4.69) is 49.0 Å². The minimum absolute atomic E-state index is 0. The SMILES string of the molecule is CN([C-]=S)[C-]=Nc1ccccc1.C[PH+](C)C.[Co].c1cc[cH-]c1. The molecule has 0 aliphatic carbocycles. The molecule has 2 aromatic carbocycles. The van der Waals surface area contributed by atoms with Crippen molar-refractivity contribution in [2.24, 2.45) is 4.99 Å². The van der Waals surface area contributed by atoms with Crippen molar-refractivity contribution in [1.29, 1.82) is 0 Å². The molecular weight excluding hydrogens is 354 g/mol. The molecule has 0 fully saturated rings. The van der Waals surface area contributed by atoms with Gasteiger partial charge in [0, 0.05) is 42.5 Å². The second-order valence-electron chi connectivity index (χ2n) is 4.66. The zero-order valence-electron chi connectivity index (χ0n) is 13.4. The summed E-state index contributed by atoms with van der Waals surface area (Å²) in [5, 5.41) is 0. The molecule has 0 atom stereocenters. The summed E-state index contributed by atoms with van der Waals surface area (Å²) in [5.74, 6) is 0. The summed E-state index contributed by atoms with van der Waals surface area (Å²) in [4.78, 5) is 5.50. The van der Waals surface area contributed by atoms with Crippen LogP contribution in [0, 0.1) is 0 Å². The number of benzene rings is 1. The van der Waals surface area contributed by atoms with E-state index in [0.717, 1.165) is 5.69 Å². The third-order valence-corrected chi connectivity index (χ3v) is 2.05. The summed E-state index contributed by atoms with van der Waals surface area (Å²) in [6, 6.07) is 19.6. The Kier molecular flexibility index (Phi) is 17.4.